The number of amides is 5. The van der Waals surface area contributed by atoms with Gasteiger partial charge in [0.05, 0.1) is 12.1 Å². The predicted octanol–water partition coefficient (Wildman–Crippen LogP) is -0.118. The Balaban J connectivity index is 1.33. The molecule has 60 heavy (non-hydrogen) atoms. The summed E-state index contributed by atoms with van der Waals surface area (Å²) < 4.78 is 6.67. The fourth-order valence-corrected chi connectivity index (χ4v) is 6.75. The summed E-state index contributed by atoms with van der Waals surface area (Å²) in [6.45, 7) is 4.73. The highest BCUT2D eigenvalue weighted by molar-refractivity contribution is 5.94. The molecule has 7 atom stereocenters. The number of carboxylic acids is 1. The number of aliphatic hydroxyl groups excluding tert-OH is 1. The number of urea groups is 1. The molecule has 0 saturated carbocycles. The van der Waals surface area contributed by atoms with Crippen molar-refractivity contribution in [3.8, 4) is 5.75 Å². The van der Waals surface area contributed by atoms with Crippen LogP contribution in [-0.4, -0.2) is 108 Å². The summed E-state index contributed by atoms with van der Waals surface area (Å²) in [6.07, 6.45) is 1.23. The molecule has 11 N–H and O–H groups in total. The molecule has 2 aromatic heterocycles. The average molecular weight is 832 g/mol. The monoisotopic (exact) mass is 831 g/mol. The molecule has 5 amide bonds. The molecule has 0 spiro atoms. The Hall–Kier alpha value is -6.93. The summed E-state index contributed by atoms with van der Waals surface area (Å²) in [7, 11) is 1.38. The number of carboxylic acid groups (broad SMARTS) is 1. The van der Waals surface area contributed by atoms with Crippen molar-refractivity contribution < 1.29 is 44.0 Å². The smallest absolute Gasteiger partial charge is 0.331 e. The molecular weight excluding hydrogens is 782 g/mol. The van der Waals surface area contributed by atoms with E-state index in [-0.39, 0.29) is 30.8 Å². The molecule has 0 unspecified atom stereocenters. The number of hydrogen-bond acceptors (Lipinski definition) is 11. The number of hydrogen-bond donors (Lipinski definition) is 10. The van der Waals surface area contributed by atoms with Crippen molar-refractivity contribution >= 4 is 40.6 Å². The Morgan fingerprint density at radius 1 is 0.983 bits per heavy atom. The number of aromatic amines is 2. The maximum atomic E-state index is 14.0. The number of H-pyrrole nitrogens is 2. The van der Waals surface area contributed by atoms with E-state index < -0.39 is 89.4 Å². The highest BCUT2D eigenvalue weighted by atomic mass is 16.5. The zero-order chi connectivity index (χ0) is 43.8. The van der Waals surface area contributed by atoms with Crippen molar-refractivity contribution in [1.82, 2.24) is 40.7 Å². The third-order valence-corrected chi connectivity index (χ3v) is 10.2. The zero-order valence-corrected chi connectivity index (χ0v) is 33.2. The molecule has 320 valence electrons. The number of aliphatic carboxylic acids is 1. The number of nitrogens with zero attached hydrogens (tertiary/aromatic N) is 2. The fraction of sp³-hybridized carbons (Fsp3) is 0.375. The summed E-state index contributed by atoms with van der Waals surface area (Å²) in [4.78, 5) is 97.3. The highest BCUT2D eigenvalue weighted by Gasteiger charge is 2.37. The van der Waals surface area contributed by atoms with Crippen molar-refractivity contribution in [3.63, 3.8) is 0 Å². The number of ether oxygens (including phenoxy) is 1. The van der Waals surface area contributed by atoms with E-state index in [1.165, 1.54) is 31.0 Å². The number of rotatable bonds is 16. The van der Waals surface area contributed by atoms with Crippen LogP contribution in [-0.2, 0) is 36.8 Å². The fourth-order valence-electron chi connectivity index (χ4n) is 6.75. The molecule has 0 radical (unpaired) electrons. The van der Waals surface area contributed by atoms with Gasteiger partial charge in [-0.1, -0.05) is 44.2 Å². The Labute approximate surface area is 342 Å². The first-order valence-electron chi connectivity index (χ1n) is 19.0. The summed E-state index contributed by atoms with van der Waals surface area (Å²) in [5.74, 6) is -4.21. The normalized spacial score (nSPS) is 18.1. The lowest BCUT2D eigenvalue weighted by Crippen LogP contribution is -2.63. The molecule has 0 aliphatic carbocycles. The van der Waals surface area contributed by atoms with Gasteiger partial charge in [0, 0.05) is 55.5 Å². The minimum absolute atomic E-state index is 0.0203. The predicted molar refractivity (Wildman–Crippen MR) is 216 cm³/mol. The molecule has 20 nitrogen and oxygen atoms in total. The first-order valence-corrected chi connectivity index (χ1v) is 19.0. The van der Waals surface area contributed by atoms with E-state index in [2.05, 4.69) is 31.2 Å². The van der Waals surface area contributed by atoms with Gasteiger partial charge in [0.1, 0.15) is 35.7 Å². The number of carbonyl (C=O) groups is 5. The van der Waals surface area contributed by atoms with E-state index in [4.69, 9.17) is 10.5 Å². The van der Waals surface area contributed by atoms with Gasteiger partial charge in [0.25, 0.3) is 5.56 Å². The lowest BCUT2D eigenvalue weighted by atomic mass is 10.0. The molecule has 2 aromatic carbocycles. The molecule has 1 saturated heterocycles. The summed E-state index contributed by atoms with van der Waals surface area (Å²) in [6, 6.07) is 7.14. The minimum atomic E-state index is -1.51. The third kappa shape index (κ3) is 10.8. The van der Waals surface area contributed by atoms with Crippen molar-refractivity contribution in [1.29, 1.82) is 0 Å². The Bertz CT molecular complexity index is 2370. The Kier molecular flexibility index (Phi) is 14.1. The largest absolute Gasteiger partial charge is 0.508 e. The van der Waals surface area contributed by atoms with Crippen LogP contribution >= 0.6 is 0 Å². The number of nitrogens with two attached hydrogens (primary N) is 1. The van der Waals surface area contributed by atoms with Crippen molar-refractivity contribution in [2.75, 3.05) is 7.05 Å². The quantitative estimate of drug-likeness (QED) is 0.0707. The SMILES string of the molecule is CC(C)[C@H](NC(=O)N[C@@H](Cc1c[nH]c2ccccc12)C(=O)O)C(=O)N[C@H](C(=O)N/C=C1/C[C@@H](O)[C@H](n2ccc(=O)[nH]c2=O)O1)[C@H](C)N(C)C(=O)[C@@H](N)Cc1cccc(O)c1. The van der Waals surface area contributed by atoms with Crippen LogP contribution in [0.5, 0.6) is 5.75 Å². The number of phenolic OH excluding ortho intramolecular Hbond substituents is 1. The molecule has 3 heterocycles. The van der Waals surface area contributed by atoms with Crippen molar-refractivity contribution in [2.45, 2.75) is 82.6 Å². The Morgan fingerprint density at radius 2 is 1.72 bits per heavy atom. The van der Waals surface area contributed by atoms with E-state index in [1.807, 2.05) is 18.2 Å². The van der Waals surface area contributed by atoms with E-state index in [0.29, 0.717) is 11.1 Å². The summed E-state index contributed by atoms with van der Waals surface area (Å²) in [5, 5.41) is 41.3. The second kappa shape index (κ2) is 19.2. The number of phenols is 1. The number of aromatic nitrogens is 3. The van der Waals surface area contributed by atoms with Gasteiger partial charge in [-0.25, -0.2) is 14.4 Å². The van der Waals surface area contributed by atoms with Crippen LogP contribution in [0.2, 0.25) is 0 Å². The lowest BCUT2D eigenvalue weighted by molar-refractivity contribution is -0.139. The lowest BCUT2D eigenvalue weighted by Gasteiger charge is -2.34. The number of likely N-dealkylation sites (N-methyl/N-ethyl adjacent to an activating group) is 1. The second-order valence-corrected chi connectivity index (χ2v) is 14.9. The molecule has 1 fully saturated rings. The number of aliphatic hydroxyl groups is 1. The van der Waals surface area contributed by atoms with Crippen molar-refractivity contribution in [2.24, 2.45) is 11.7 Å². The van der Waals surface area contributed by atoms with E-state index in [0.717, 1.165) is 33.9 Å². The molecule has 5 rings (SSSR count). The van der Waals surface area contributed by atoms with Gasteiger partial charge in [-0.05, 0) is 48.6 Å². The van der Waals surface area contributed by atoms with Crippen LogP contribution < -0.4 is 38.2 Å². The van der Waals surface area contributed by atoms with E-state index in [1.54, 1.807) is 38.2 Å². The minimum Gasteiger partial charge on any atom is -0.508 e. The topological polar surface area (TPSA) is 303 Å². The van der Waals surface area contributed by atoms with Crippen LogP contribution in [0.1, 0.15) is 44.5 Å². The highest BCUT2D eigenvalue weighted by Crippen LogP contribution is 2.30. The summed E-state index contributed by atoms with van der Waals surface area (Å²) >= 11 is 0. The maximum absolute atomic E-state index is 14.0. The van der Waals surface area contributed by atoms with Gasteiger partial charge in [-0.15, -0.1) is 0 Å². The van der Waals surface area contributed by atoms with E-state index >= 15 is 0 Å². The van der Waals surface area contributed by atoms with Gasteiger partial charge >= 0.3 is 17.7 Å². The number of nitrogens with one attached hydrogen (secondary N) is 6. The molecule has 0 bridgehead atoms. The molecule has 1 aliphatic rings. The standard InChI is InChI=1S/C40H49N9O11/c1-20(2)32(47-39(58)44-29(38(56)57)16-23-18-42-28-11-6-5-10-26(23)28)35(54)46-33(21(3)48(4)36(55)27(41)15-22-8-7-9-24(50)14-22)34(53)43-19-25-17-30(51)37(60-25)49-13-12-31(52)45-40(49)59/h5-14,18-21,27,29-30,32-33,37,42,50-51H,15-17,41H2,1-4H3,(H,43,53)(H,46,54)(H,56,57)(H2,44,47,58)(H,45,52,59)/b25-19-/t21-,27-,29-,30+,32-,33-,37+/m0/s1. The van der Waals surface area contributed by atoms with Gasteiger partial charge in [0.2, 0.25) is 23.9 Å². The van der Waals surface area contributed by atoms with E-state index in [9.17, 15) is 48.9 Å². The van der Waals surface area contributed by atoms with Gasteiger partial charge in [-0.2, -0.15) is 0 Å². The van der Waals surface area contributed by atoms with Crippen LogP contribution in [0.25, 0.3) is 10.9 Å². The number of fused-ring (bicyclic) bond motifs is 1. The van der Waals surface area contributed by atoms with Crippen LogP contribution in [0, 0.1) is 5.92 Å². The van der Waals surface area contributed by atoms with Crippen molar-refractivity contribution in [3.05, 3.63) is 111 Å². The molecule has 20 heteroatoms. The van der Waals surface area contributed by atoms with Gasteiger partial charge in [0.15, 0.2) is 0 Å². The number of aromatic hydroxyl groups is 1. The molecule has 1 aliphatic heterocycles. The van der Waals surface area contributed by atoms with Crippen LogP contribution in [0.3, 0.4) is 0 Å². The third-order valence-electron chi connectivity index (χ3n) is 10.2. The maximum Gasteiger partial charge on any atom is 0.331 e. The number of para-hydroxylation sites is 1. The average Bonchev–Trinajstić information content (AvgIpc) is 3.78. The summed E-state index contributed by atoms with van der Waals surface area (Å²) in [5.41, 5.74) is 6.79. The number of carbonyl (C=O) groups excluding carboxylic acids is 4. The van der Waals surface area contributed by atoms with Gasteiger partial charge in [-0.3, -0.25) is 28.7 Å². The number of benzene rings is 2. The van der Waals surface area contributed by atoms with Crippen LogP contribution in [0.15, 0.2) is 88.5 Å². The Morgan fingerprint density at radius 3 is 2.40 bits per heavy atom. The molecule has 4 aromatic rings. The first kappa shape index (κ1) is 44.2. The second-order valence-electron chi connectivity index (χ2n) is 14.9. The molecular formula is C40H49N9O11. The van der Waals surface area contributed by atoms with Crippen LogP contribution in [0.4, 0.5) is 4.79 Å². The first-order chi connectivity index (χ1) is 28.4. The van der Waals surface area contributed by atoms with Gasteiger partial charge < -0.3 is 56.9 Å². The zero-order valence-electron chi connectivity index (χ0n) is 33.2.